The number of rotatable bonds is 3. The Hall–Kier alpha value is -1.65. The maximum Gasteiger partial charge on any atom is 0.256 e. The number of fused-ring (bicyclic) bond motifs is 1. The van der Waals surface area contributed by atoms with Crippen molar-refractivity contribution in [1.29, 1.82) is 0 Å². The molecule has 0 saturated carbocycles. The fraction of sp³-hybridized carbons (Fsp3) is 0.375. The zero-order valence-electron chi connectivity index (χ0n) is 11.6. The normalized spacial score (nSPS) is 18.4. The van der Waals surface area contributed by atoms with E-state index in [4.69, 9.17) is 16.7 Å². The average Bonchev–Trinajstić information content (AvgIpc) is 2.96. The minimum absolute atomic E-state index is 0.00388. The van der Waals surface area contributed by atoms with Gasteiger partial charge in [-0.3, -0.25) is 4.79 Å². The van der Waals surface area contributed by atoms with E-state index in [2.05, 4.69) is 4.98 Å². The van der Waals surface area contributed by atoms with Crippen LogP contribution in [0.3, 0.4) is 0 Å². The molecule has 0 spiro atoms. The molecule has 1 aromatic heterocycles. The highest BCUT2D eigenvalue weighted by Gasteiger charge is 2.27. The summed E-state index contributed by atoms with van der Waals surface area (Å²) in [6.45, 7) is 1.62. The number of aromatic nitrogens is 1. The smallest absolute Gasteiger partial charge is 0.256 e. The van der Waals surface area contributed by atoms with E-state index in [9.17, 15) is 4.79 Å². The number of halogens is 1. The van der Waals surface area contributed by atoms with Crippen LogP contribution >= 0.6 is 11.6 Å². The Labute approximate surface area is 128 Å². The summed E-state index contributed by atoms with van der Waals surface area (Å²) in [6.07, 6.45) is 3.26. The van der Waals surface area contributed by atoms with Gasteiger partial charge in [0, 0.05) is 31.3 Å². The molecule has 2 heterocycles. The highest BCUT2D eigenvalue weighted by Crippen LogP contribution is 2.27. The number of pyridine rings is 1. The van der Waals surface area contributed by atoms with E-state index in [1.807, 2.05) is 29.2 Å². The molecule has 1 saturated heterocycles. The summed E-state index contributed by atoms with van der Waals surface area (Å²) in [5.41, 5.74) is 0.597. The minimum Gasteiger partial charge on any atom is -0.396 e. The number of likely N-dealkylation sites (tertiary alicyclic amines) is 1. The Morgan fingerprint density at radius 3 is 2.90 bits per heavy atom. The van der Waals surface area contributed by atoms with Gasteiger partial charge in [-0.2, -0.15) is 0 Å². The first-order chi connectivity index (χ1) is 10.2. The van der Waals surface area contributed by atoms with Crippen molar-refractivity contribution in [2.45, 2.75) is 12.8 Å². The number of carbonyl (C=O) groups excluding carboxylic acids is 1. The van der Waals surface area contributed by atoms with Crippen LogP contribution in [0.25, 0.3) is 10.8 Å². The van der Waals surface area contributed by atoms with Gasteiger partial charge in [0.25, 0.3) is 5.91 Å². The number of hydrogen-bond acceptors (Lipinski definition) is 3. The number of carbonyl (C=O) groups is 1. The zero-order valence-corrected chi connectivity index (χ0v) is 12.4. The average molecular weight is 305 g/mol. The Bertz CT molecular complexity index is 674. The lowest BCUT2D eigenvalue weighted by molar-refractivity contribution is 0.0786. The quantitative estimate of drug-likeness (QED) is 0.887. The number of hydrogen-bond donors (Lipinski definition) is 1. The Morgan fingerprint density at radius 2 is 2.14 bits per heavy atom. The summed E-state index contributed by atoms with van der Waals surface area (Å²) in [4.78, 5) is 18.7. The molecule has 1 N–H and O–H groups in total. The van der Waals surface area contributed by atoms with Crippen LogP contribution in [0.5, 0.6) is 0 Å². The Balaban J connectivity index is 1.91. The molecular formula is C16H17ClN2O2. The van der Waals surface area contributed by atoms with Gasteiger partial charge in [-0.1, -0.05) is 35.9 Å². The van der Waals surface area contributed by atoms with Crippen molar-refractivity contribution in [3.8, 4) is 0 Å². The first-order valence-corrected chi connectivity index (χ1v) is 7.52. The number of aliphatic hydroxyl groups is 1. The standard InChI is InChI=1S/C16H17ClN2O2/c17-15-13-4-2-1-3-12(13)14(9-18-15)16(21)19-7-5-11(10-19)6-8-20/h1-4,9,11,20H,5-8,10H2. The van der Waals surface area contributed by atoms with Gasteiger partial charge in [0.2, 0.25) is 0 Å². The predicted octanol–water partition coefficient (Wildman–Crippen LogP) is 2.73. The molecule has 1 amide bonds. The van der Waals surface area contributed by atoms with Crippen LogP contribution in [0.2, 0.25) is 5.15 Å². The first-order valence-electron chi connectivity index (χ1n) is 7.14. The van der Waals surface area contributed by atoms with E-state index in [-0.39, 0.29) is 12.5 Å². The van der Waals surface area contributed by atoms with Gasteiger partial charge in [0.15, 0.2) is 0 Å². The molecule has 1 aromatic carbocycles. The summed E-state index contributed by atoms with van der Waals surface area (Å²) in [6, 6.07) is 7.56. The highest BCUT2D eigenvalue weighted by atomic mass is 35.5. The van der Waals surface area contributed by atoms with E-state index >= 15 is 0 Å². The third-order valence-corrected chi connectivity index (χ3v) is 4.39. The van der Waals surface area contributed by atoms with Gasteiger partial charge in [-0.15, -0.1) is 0 Å². The summed E-state index contributed by atoms with van der Waals surface area (Å²) in [7, 11) is 0. The van der Waals surface area contributed by atoms with Crippen molar-refractivity contribution < 1.29 is 9.90 Å². The second kappa shape index (κ2) is 6.00. The molecule has 0 aliphatic carbocycles. The predicted molar refractivity (Wildman–Crippen MR) is 82.5 cm³/mol. The molecule has 0 radical (unpaired) electrons. The van der Waals surface area contributed by atoms with Crippen LogP contribution in [-0.4, -0.2) is 40.6 Å². The summed E-state index contributed by atoms with van der Waals surface area (Å²) in [5, 5.41) is 11.1. The van der Waals surface area contributed by atoms with E-state index in [0.29, 0.717) is 23.2 Å². The Morgan fingerprint density at radius 1 is 1.38 bits per heavy atom. The lowest BCUT2D eigenvalue weighted by atomic mass is 10.1. The minimum atomic E-state index is -0.00388. The maximum atomic E-state index is 12.7. The lowest BCUT2D eigenvalue weighted by Gasteiger charge is -2.17. The second-order valence-electron chi connectivity index (χ2n) is 5.43. The number of nitrogens with zero attached hydrogens (tertiary/aromatic N) is 2. The molecule has 4 nitrogen and oxygen atoms in total. The molecule has 1 aliphatic heterocycles. The molecule has 1 aliphatic rings. The van der Waals surface area contributed by atoms with Crippen molar-refractivity contribution >= 4 is 28.3 Å². The molecule has 110 valence electrons. The van der Waals surface area contributed by atoms with Crippen LogP contribution in [-0.2, 0) is 0 Å². The van der Waals surface area contributed by atoms with E-state index in [0.717, 1.165) is 30.2 Å². The highest BCUT2D eigenvalue weighted by molar-refractivity contribution is 6.34. The summed E-state index contributed by atoms with van der Waals surface area (Å²) >= 11 is 6.09. The van der Waals surface area contributed by atoms with Crippen molar-refractivity contribution in [2.75, 3.05) is 19.7 Å². The molecular weight excluding hydrogens is 288 g/mol. The van der Waals surface area contributed by atoms with Crippen LogP contribution in [0.4, 0.5) is 0 Å². The second-order valence-corrected chi connectivity index (χ2v) is 5.78. The van der Waals surface area contributed by atoms with Gasteiger partial charge in [-0.25, -0.2) is 4.98 Å². The third-order valence-electron chi connectivity index (χ3n) is 4.09. The van der Waals surface area contributed by atoms with Gasteiger partial charge < -0.3 is 10.0 Å². The summed E-state index contributed by atoms with van der Waals surface area (Å²) in [5.74, 6) is 0.390. The van der Waals surface area contributed by atoms with Gasteiger partial charge >= 0.3 is 0 Å². The van der Waals surface area contributed by atoms with E-state index in [1.54, 1.807) is 6.20 Å². The molecule has 5 heteroatoms. The van der Waals surface area contributed by atoms with E-state index < -0.39 is 0 Å². The maximum absolute atomic E-state index is 12.7. The Kier molecular flexibility index (Phi) is 4.08. The van der Waals surface area contributed by atoms with Crippen molar-refractivity contribution in [1.82, 2.24) is 9.88 Å². The topological polar surface area (TPSA) is 53.4 Å². The monoisotopic (exact) mass is 304 g/mol. The van der Waals surface area contributed by atoms with Crippen molar-refractivity contribution in [3.05, 3.63) is 41.2 Å². The van der Waals surface area contributed by atoms with Gasteiger partial charge in [0.05, 0.1) is 5.56 Å². The first kappa shape index (κ1) is 14.3. The fourth-order valence-corrected chi connectivity index (χ4v) is 3.15. The van der Waals surface area contributed by atoms with Crippen LogP contribution in [0.1, 0.15) is 23.2 Å². The van der Waals surface area contributed by atoms with Crippen LogP contribution in [0.15, 0.2) is 30.5 Å². The van der Waals surface area contributed by atoms with Crippen LogP contribution in [0, 0.1) is 5.92 Å². The number of amides is 1. The van der Waals surface area contributed by atoms with Crippen LogP contribution < -0.4 is 0 Å². The molecule has 2 aromatic rings. The van der Waals surface area contributed by atoms with E-state index in [1.165, 1.54) is 0 Å². The summed E-state index contributed by atoms with van der Waals surface area (Å²) < 4.78 is 0. The number of aliphatic hydroxyl groups excluding tert-OH is 1. The molecule has 1 fully saturated rings. The molecule has 21 heavy (non-hydrogen) atoms. The number of benzene rings is 1. The fourth-order valence-electron chi connectivity index (χ4n) is 2.93. The lowest BCUT2D eigenvalue weighted by Crippen LogP contribution is -2.29. The molecule has 3 rings (SSSR count). The third kappa shape index (κ3) is 2.74. The largest absolute Gasteiger partial charge is 0.396 e. The van der Waals surface area contributed by atoms with Crippen molar-refractivity contribution in [3.63, 3.8) is 0 Å². The van der Waals surface area contributed by atoms with Gasteiger partial charge in [0.1, 0.15) is 5.15 Å². The SMILES string of the molecule is O=C(c1cnc(Cl)c2ccccc12)N1CCC(CCO)C1. The van der Waals surface area contributed by atoms with Gasteiger partial charge in [-0.05, 0) is 24.1 Å². The molecule has 1 unspecified atom stereocenters. The molecule has 1 atom stereocenters. The zero-order chi connectivity index (χ0) is 14.8. The van der Waals surface area contributed by atoms with Crippen molar-refractivity contribution in [2.24, 2.45) is 5.92 Å². The molecule has 0 bridgehead atoms.